The molecule has 0 spiro atoms. The lowest BCUT2D eigenvalue weighted by atomic mass is 10.3. The van der Waals surface area contributed by atoms with Crippen LogP contribution >= 0.6 is 22.7 Å². The number of hydrogen-bond acceptors (Lipinski definition) is 8. The van der Waals surface area contributed by atoms with Gasteiger partial charge in [0, 0.05) is 17.5 Å². The van der Waals surface area contributed by atoms with Gasteiger partial charge in [0.2, 0.25) is 10.0 Å². The fraction of sp³-hybridized carbons (Fsp3) is 0.200. The lowest BCUT2D eigenvalue weighted by molar-refractivity contribution is -0.383. The average Bonchev–Trinajstić information content (AvgIpc) is 3.07. The third-order valence-electron chi connectivity index (χ3n) is 2.53. The Morgan fingerprint density at radius 1 is 1.43 bits per heavy atom. The lowest BCUT2D eigenvalue weighted by Gasteiger charge is -2.03. The van der Waals surface area contributed by atoms with Crippen LogP contribution in [-0.4, -0.2) is 19.9 Å². The summed E-state index contributed by atoms with van der Waals surface area (Å²) in [6.45, 7) is 0.222. The molecule has 0 saturated heterocycles. The Morgan fingerprint density at radius 2 is 2.19 bits per heavy atom. The monoisotopic (exact) mass is 348 g/mol. The van der Waals surface area contributed by atoms with Crippen LogP contribution in [0.15, 0.2) is 27.8 Å². The Bertz CT molecular complexity index is 724. The van der Waals surface area contributed by atoms with E-state index >= 15 is 0 Å². The van der Waals surface area contributed by atoms with Gasteiger partial charge in [-0.1, -0.05) is 17.4 Å². The van der Waals surface area contributed by atoms with Crippen molar-refractivity contribution in [1.29, 1.82) is 0 Å². The minimum absolute atomic E-state index is 0.00127. The molecule has 0 aromatic carbocycles. The molecule has 2 aromatic rings. The number of rotatable bonds is 7. The van der Waals surface area contributed by atoms with E-state index in [2.05, 4.69) is 10.1 Å². The van der Waals surface area contributed by atoms with Crippen molar-refractivity contribution < 1.29 is 13.3 Å². The molecule has 0 aliphatic rings. The molecule has 0 atom stereocenters. The number of nitrogens with zero attached hydrogens (tertiary/aromatic N) is 1. The second kappa shape index (κ2) is 6.49. The van der Waals surface area contributed by atoms with Crippen LogP contribution in [0.4, 0.5) is 10.7 Å². The number of sulfonamides is 1. The Labute approximate surface area is 128 Å². The van der Waals surface area contributed by atoms with Crippen LogP contribution in [0.25, 0.3) is 0 Å². The number of anilines is 1. The summed E-state index contributed by atoms with van der Waals surface area (Å²) in [6.07, 6.45) is 0.562. The first-order valence-corrected chi connectivity index (χ1v) is 8.89. The predicted molar refractivity (Wildman–Crippen MR) is 82.0 cm³/mol. The summed E-state index contributed by atoms with van der Waals surface area (Å²) in [4.78, 5) is 11.2. The first kappa shape index (κ1) is 15.9. The molecule has 114 valence electrons. The second-order valence-electron chi connectivity index (χ2n) is 3.91. The quantitative estimate of drug-likeness (QED) is 0.395. The molecule has 0 aliphatic carbocycles. The number of nitro groups is 1. The van der Waals surface area contributed by atoms with E-state index < -0.39 is 14.9 Å². The normalized spacial score (nSPS) is 11.5. The van der Waals surface area contributed by atoms with Gasteiger partial charge in [-0.15, -0.1) is 11.3 Å². The number of thiophene rings is 2. The summed E-state index contributed by atoms with van der Waals surface area (Å²) < 4.78 is 26.4. The Morgan fingerprint density at radius 3 is 2.71 bits per heavy atom. The van der Waals surface area contributed by atoms with Gasteiger partial charge in [-0.2, -0.15) is 0 Å². The summed E-state index contributed by atoms with van der Waals surface area (Å²) in [6, 6.07) is 4.79. The van der Waals surface area contributed by atoms with Crippen molar-refractivity contribution in [3.05, 3.63) is 38.6 Å². The minimum atomic E-state index is -3.79. The first-order chi connectivity index (χ1) is 9.94. The zero-order valence-electron chi connectivity index (χ0n) is 10.6. The lowest BCUT2D eigenvalue weighted by Crippen LogP contribution is -2.25. The second-order valence-corrected chi connectivity index (χ2v) is 7.99. The van der Waals surface area contributed by atoms with E-state index in [0.29, 0.717) is 6.42 Å². The van der Waals surface area contributed by atoms with Crippen LogP contribution in [-0.2, 0) is 16.4 Å². The zero-order chi connectivity index (χ0) is 15.5. The third kappa shape index (κ3) is 3.77. The largest absolute Gasteiger partial charge is 0.310 e. The van der Waals surface area contributed by atoms with Crippen LogP contribution in [0, 0.1) is 10.1 Å². The van der Waals surface area contributed by atoms with E-state index in [1.54, 1.807) is 0 Å². The molecule has 0 fully saturated rings. The highest BCUT2D eigenvalue weighted by atomic mass is 32.2. The van der Waals surface area contributed by atoms with Gasteiger partial charge >= 0.3 is 5.69 Å². The van der Waals surface area contributed by atoms with Gasteiger partial charge < -0.3 is 5.43 Å². The molecule has 11 heteroatoms. The van der Waals surface area contributed by atoms with Crippen molar-refractivity contribution in [1.82, 2.24) is 4.72 Å². The molecule has 2 heterocycles. The molecule has 0 bridgehead atoms. The van der Waals surface area contributed by atoms with E-state index in [-0.39, 0.29) is 21.4 Å². The summed E-state index contributed by atoms with van der Waals surface area (Å²) in [7, 11) is -3.79. The van der Waals surface area contributed by atoms with Crippen LogP contribution in [0.5, 0.6) is 0 Å². The smallest absolute Gasteiger partial charge is 0.306 e. The maximum absolute atomic E-state index is 12.1. The van der Waals surface area contributed by atoms with Gasteiger partial charge in [0.1, 0.15) is 4.21 Å². The van der Waals surface area contributed by atoms with Crippen molar-refractivity contribution >= 4 is 43.4 Å². The highest BCUT2D eigenvalue weighted by molar-refractivity contribution is 7.91. The van der Waals surface area contributed by atoms with Gasteiger partial charge in [-0.05, 0) is 17.9 Å². The molecule has 8 nitrogen and oxygen atoms in total. The minimum Gasteiger partial charge on any atom is -0.310 e. The van der Waals surface area contributed by atoms with E-state index in [1.165, 1.54) is 11.3 Å². The third-order valence-corrected chi connectivity index (χ3v) is 6.45. The van der Waals surface area contributed by atoms with Crippen LogP contribution < -0.4 is 16.0 Å². The van der Waals surface area contributed by atoms with E-state index in [1.807, 2.05) is 17.5 Å². The van der Waals surface area contributed by atoms with Gasteiger partial charge in [-0.25, -0.2) is 19.0 Å². The Hall–Kier alpha value is -1.53. The summed E-state index contributed by atoms with van der Waals surface area (Å²) in [5.41, 5.74) is 1.77. The van der Waals surface area contributed by atoms with Gasteiger partial charge in [-0.3, -0.25) is 10.1 Å². The molecule has 0 saturated carbocycles. The zero-order valence-corrected chi connectivity index (χ0v) is 13.1. The molecule has 0 radical (unpaired) electrons. The van der Waals surface area contributed by atoms with Crippen molar-refractivity contribution in [2.24, 2.45) is 5.84 Å². The van der Waals surface area contributed by atoms with Gasteiger partial charge in [0.15, 0.2) is 5.00 Å². The average molecular weight is 348 g/mol. The van der Waals surface area contributed by atoms with E-state index in [9.17, 15) is 18.5 Å². The molecule has 2 rings (SSSR count). The van der Waals surface area contributed by atoms with E-state index in [0.717, 1.165) is 22.3 Å². The summed E-state index contributed by atoms with van der Waals surface area (Å²) >= 11 is 2.25. The molecule has 0 unspecified atom stereocenters. The van der Waals surface area contributed by atoms with E-state index in [4.69, 9.17) is 5.84 Å². The molecular formula is C10H12N4O4S3. The number of nitrogen functional groups attached to an aromatic ring is 1. The van der Waals surface area contributed by atoms with Gasteiger partial charge in [0.25, 0.3) is 0 Å². The first-order valence-electron chi connectivity index (χ1n) is 5.71. The molecule has 0 amide bonds. The SMILES string of the molecule is NNc1sc(S(=O)(=O)NCCc2cccs2)cc1[N+](=O)[O-]. The van der Waals surface area contributed by atoms with Crippen LogP contribution in [0.3, 0.4) is 0 Å². The summed E-state index contributed by atoms with van der Waals surface area (Å²) in [5, 5.41) is 12.7. The fourth-order valence-electron chi connectivity index (χ4n) is 1.57. The highest BCUT2D eigenvalue weighted by Gasteiger charge is 2.25. The number of nitrogens with two attached hydrogens (primary N) is 1. The Balaban J connectivity index is 2.10. The fourth-order valence-corrected chi connectivity index (χ4v) is 4.59. The maximum atomic E-state index is 12.1. The number of hydrogen-bond donors (Lipinski definition) is 3. The summed E-state index contributed by atoms with van der Waals surface area (Å²) in [5.74, 6) is 5.15. The standard InChI is InChI=1S/C10H12N4O4S3/c11-13-10-8(14(15)16)6-9(20-10)21(17,18)12-4-3-7-2-1-5-19-7/h1-2,5-6,12-13H,3-4,11H2. The van der Waals surface area contributed by atoms with Crippen molar-refractivity contribution in [3.63, 3.8) is 0 Å². The molecule has 0 aliphatic heterocycles. The van der Waals surface area contributed by atoms with Crippen LogP contribution in [0.2, 0.25) is 0 Å². The highest BCUT2D eigenvalue weighted by Crippen LogP contribution is 2.36. The Kier molecular flexibility index (Phi) is 4.90. The van der Waals surface area contributed by atoms with Crippen LogP contribution in [0.1, 0.15) is 4.88 Å². The predicted octanol–water partition coefficient (Wildman–Crippen LogP) is 1.52. The molecule has 4 N–H and O–H groups in total. The number of hydrazine groups is 1. The number of nitrogens with one attached hydrogen (secondary N) is 2. The van der Waals surface area contributed by atoms with Crippen molar-refractivity contribution in [2.75, 3.05) is 12.0 Å². The molecule has 21 heavy (non-hydrogen) atoms. The van der Waals surface area contributed by atoms with Crippen molar-refractivity contribution in [3.8, 4) is 0 Å². The molecule has 2 aromatic heterocycles. The van der Waals surface area contributed by atoms with Gasteiger partial charge in [0.05, 0.1) is 4.92 Å². The molecular weight excluding hydrogens is 336 g/mol. The topological polar surface area (TPSA) is 127 Å². The maximum Gasteiger partial charge on any atom is 0.306 e. The van der Waals surface area contributed by atoms with Crippen molar-refractivity contribution in [2.45, 2.75) is 10.6 Å².